The van der Waals surface area contributed by atoms with E-state index >= 15 is 0 Å². The van der Waals surface area contributed by atoms with E-state index in [1.54, 1.807) is 6.07 Å². The number of rotatable bonds is 11. The molecule has 202 valence electrons. The molecule has 4 aliphatic rings. The number of primary amides is 1. The molecule has 0 radical (unpaired) electrons. The molecule has 0 aliphatic heterocycles. The molecule has 0 atom stereocenters. The molecule has 0 aromatic heterocycles. The van der Waals surface area contributed by atoms with Crippen molar-refractivity contribution in [2.45, 2.75) is 77.0 Å². The van der Waals surface area contributed by atoms with Crippen LogP contribution in [0.2, 0.25) is 0 Å². The SMILES string of the molecule is CCc1cc(C=C(C)c2ccc(CCCOCC(N)=O)c(C34CC5CC(CC(C5)C3)C4)c2)ccc1C(=O)O. The van der Waals surface area contributed by atoms with E-state index in [0.29, 0.717) is 18.6 Å². The van der Waals surface area contributed by atoms with Gasteiger partial charge in [-0.15, -0.1) is 0 Å². The molecule has 4 fully saturated rings. The maximum atomic E-state index is 11.6. The van der Waals surface area contributed by atoms with Gasteiger partial charge in [0.15, 0.2) is 0 Å². The minimum atomic E-state index is -0.870. The zero-order chi connectivity index (χ0) is 26.9. The second-order valence-electron chi connectivity index (χ2n) is 12.1. The second kappa shape index (κ2) is 11.1. The molecule has 0 unspecified atom stereocenters. The molecule has 4 bridgehead atoms. The summed E-state index contributed by atoms with van der Waals surface area (Å²) < 4.78 is 5.46. The van der Waals surface area contributed by atoms with Gasteiger partial charge in [0.05, 0.1) is 5.56 Å². The number of ether oxygens (including phenoxy) is 1. The lowest BCUT2D eigenvalue weighted by Crippen LogP contribution is -2.49. The fraction of sp³-hybridized carbons (Fsp3) is 0.515. The van der Waals surface area contributed by atoms with E-state index < -0.39 is 11.9 Å². The van der Waals surface area contributed by atoms with Crippen LogP contribution in [-0.2, 0) is 27.8 Å². The van der Waals surface area contributed by atoms with Crippen molar-refractivity contribution < 1.29 is 19.4 Å². The van der Waals surface area contributed by atoms with Gasteiger partial charge in [0.1, 0.15) is 6.61 Å². The van der Waals surface area contributed by atoms with Gasteiger partial charge in [-0.3, -0.25) is 4.79 Å². The summed E-state index contributed by atoms with van der Waals surface area (Å²) in [6, 6.07) is 12.7. The average Bonchev–Trinajstić information content (AvgIpc) is 2.87. The number of amides is 1. The van der Waals surface area contributed by atoms with Gasteiger partial charge in [-0.05, 0) is 127 Å². The molecule has 1 amide bonds. The van der Waals surface area contributed by atoms with Crippen LogP contribution in [0, 0.1) is 17.8 Å². The van der Waals surface area contributed by atoms with Crippen LogP contribution in [0.1, 0.15) is 97.0 Å². The van der Waals surface area contributed by atoms with Gasteiger partial charge in [0.2, 0.25) is 5.91 Å². The highest BCUT2D eigenvalue weighted by Gasteiger charge is 2.52. The zero-order valence-corrected chi connectivity index (χ0v) is 22.8. The lowest BCUT2D eigenvalue weighted by molar-refractivity contribution is -0.122. The minimum Gasteiger partial charge on any atom is -0.478 e. The number of hydrogen-bond acceptors (Lipinski definition) is 3. The van der Waals surface area contributed by atoms with Gasteiger partial charge in [-0.25, -0.2) is 4.79 Å². The van der Waals surface area contributed by atoms with Crippen molar-refractivity contribution in [2.75, 3.05) is 13.2 Å². The maximum Gasteiger partial charge on any atom is 0.335 e. The summed E-state index contributed by atoms with van der Waals surface area (Å²) in [6.45, 7) is 4.68. The average molecular weight is 516 g/mol. The third-order valence-corrected chi connectivity index (χ3v) is 9.28. The maximum absolute atomic E-state index is 11.6. The Labute approximate surface area is 226 Å². The number of aryl methyl sites for hydroxylation is 2. The second-order valence-corrected chi connectivity index (χ2v) is 12.1. The molecular weight excluding hydrogens is 474 g/mol. The summed E-state index contributed by atoms with van der Waals surface area (Å²) in [5.74, 6) is 1.31. The first kappa shape index (κ1) is 26.7. The third-order valence-electron chi connectivity index (χ3n) is 9.28. The van der Waals surface area contributed by atoms with Crippen LogP contribution in [0.25, 0.3) is 11.6 Å². The minimum absolute atomic E-state index is 0.0159. The van der Waals surface area contributed by atoms with E-state index in [1.165, 1.54) is 60.8 Å². The fourth-order valence-electron chi connectivity index (χ4n) is 8.05. The van der Waals surface area contributed by atoms with Crippen molar-refractivity contribution in [2.24, 2.45) is 23.5 Å². The van der Waals surface area contributed by atoms with Gasteiger partial charge < -0.3 is 15.6 Å². The molecule has 5 nitrogen and oxygen atoms in total. The largest absolute Gasteiger partial charge is 0.478 e. The molecule has 4 aliphatic carbocycles. The lowest BCUT2D eigenvalue weighted by Gasteiger charge is -2.57. The van der Waals surface area contributed by atoms with Crippen molar-refractivity contribution in [3.63, 3.8) is 0 Å². The van der Waals surface area contributed by atoms with E-state index in [-0.39, 0.29) is 12.0 Å². The van der Waals surface area contributed by atoms with E-state index in [1.807, 2.05) is 19.1 Å². The zero-order valence-electron chi connectivity index (χ0n) is 22.8. The monoisotopic (exact) mass is 515 g/mol. The van der Waals surface area contributed by atoms with Crippen LogP contribution < -0.4 is 5.73 Å². The molecule has 0 saturated heterocycles. The molecule has 2 aromatic rings. The Balaban J connectivity index is 1.45. The van der Waals surface area contributed by atoms with Gasteiger partial charge in [0.25, 0.3) is 0 Å². The predicted molar refractivity (Wildman–Crippen MR) is 151 cm³/mol. The summed E-state index contributed by atoms with van der Waals surface area (Å²) in [4.78, 5) is 22.6. The van der Waals surface area contributed by atoms with Gasteiger partial charge in [-0.1, -0.05) is 43.3 Å². The van der Waals surface area contributed by atoms with Crippen LogP contribution in [0.4, 0.5) is 0 Å². The molecule has 0 heterocycles. The Hall–Kier alpha value is -2.92. The number of carboxylic acid groups (broad SMARTS) is 1. The molecule has 0 spiro atoms. The number of hydrogen-bond donors (Lipinski definition) is 2. The third kappa shape index (κ3) is 5.58. The number of nitrogens with two attached hydrogens (primary N) is 1. The predicted octanol–water partition coefficient (Wildman–Crippen LogP) is 6.41. The van der Waals surface area contributed by atoms with Crippen LogP contribution in [0.3, 0.4) is 0 Å². The van der Waals surface area contributed by atoms with Gasteiger partial charge in [0, 0.05) is 6.61 Å². The number of allylic oxidation sites excluding steroid dienone is 1. The van der Waals surface area contributed by atoms with Gasteiger partial charge >= 0.3 is 5.97 Å². The molecule has 3 N–H and O–H groups in total. The Morgan fingerprint density at radius 2 is 1.71 bits per heavy atom. The van der Waals surface area contributed by atoms with Crippen molar-refractivity contribution in [1.29, 1.82) is 0 Å². The quantitative estimate of drug-likeness (QED) is 0.267. The summed E-state index contributed by atoms with van der Waals surface area (Å²) in [5, 5.41) is 9.49. The molecule has 4 saturated carbocycles. The highest BCUT2D eigenvalue weighted by atomic mass is 16.5. The highest BCUT2D eigenvalue weighted by Crippen LogP contribution is 2.61. The lowest BCUT2D eigenvalue weighted by atomic mass is 9.47. The molecule has 2 aromatic carbocycles. The number of aromatic carboxylic acids is 1. The van der Waals surface area contributed by atoms with Crippen LogP contribution in [-0.4, -0.2) is 30.2 Å². The summed E-state index contributed by atoms with van der Waals surface area (Å²) in [7, 11) is 0. The first-order valence-electron chi connectivity index (χ1n) is 14.3. The fourth-order valence-corrected chi connectivity index (χ4v) is 8.05. The number of carbonyl (C=O) groups excluding carboxylic acids is 1. The topological polar surface area (TPSA) is 89.6 Å². The molecular formula is C33H41NO4. The Bertz CT molecular complexity index is 1210. The number of carboxylic acids is 1. The first-order chi connectivity index (χ1) is 18.3. The molecule has 6 rings (SSSR count). The number of carbonyl (C=O) groups is 2. The summed E-state index contributed by atoms with van der Waals surface area (Å²) in [5.41, 5.74) is 13.2. The van der Waals surface area contributed by atoms with Crippen molar-refractivity contribution >= 4 is 23.5 Å². The standard InChI is InChI=1S/C33H41NO4/c1-3-26-15-22(6-9-29(26)32(36)37)11-21(2)28-8-7-27(5-4-10-38-20-31(34)35)30(16-28)33-17-23-12-24(18-33)14-25(13-23)19-33/h6-9,11,15-16,23-25H,3-5,10,12-14,17-20H2,1-2H3,(H2,34,35)(H,36,37). The van der Waals surface area contributed by atoms with E-state index in [4.69, 9.17) is 10.5 Å². The smallest absolute Gasteiger partial charge is 0.335 e. The van der Waals surface area contributed by atoms with Crippen LogP contribution in [0.15, 0.2) is 36.4 Å². The van der Waals surface area contributed by atoms with Crippen molar-refractivity contribution in [3.8, 4) is 0 Å². The summed E-state index contributed by atoms with van der Waals surface area (Å²) in [6.07, 6.45) is 12.9. The Kier molecular flexibility index (Phi) is 7.76. The number of benzene rings is 2. The van der Waals surface area contributed by atoms with Crippen molar-refractivity contribution in [3.05, 3.63) is 69.8 Å². The normalized spacial score (nSPS) is 26.1. The highest BCUT2D eigenvalue weighted by molar-refractivity contribution is 5.90. The first-order valence-corrected chi connectivity index (χ1v) is 14.3. The van der Waals surface area contributed by atoms with Crippen molar-refractivity contribution in [1.82, 2.24) is 0 Å². The Morgan fingerprint density at radius 3 is 2.32 bits per heavy atom. The van der Waals surface area contributed by atoms with Crippen LogP contribution >= 0.6 is 0 Å². The molecule has 38 heavy (non-hydrogen) atoms. The summed E-state index contributed by atoms with van der Waals surface area (Å²) >= 11 is 0. The Morgan fingerprint density at radius 1 is 1.03 bits per heavy atom. The van der Waals surface area contributed by atoms with Crippen LogP contribution in [0.5, 0.6) is 0 Å². The van der Waals surface area contributed by atoms with E-state index in [0.717, 1.165) is 41.7 Å². The molecule has 5 heteroatoms. The van der Waals surface area contributed by atoms with E-state index in [9.17, 15) is 14.7 Å². The van der Waals surface area contributed by atoms with E-state index in [2.05, 4.69) is 31.2 Å². The van der Waals surface area contributed by atoms with Gasteiger partial charge in [-0.2, -0.15) is 0 Å².